The summed E-state index contributed by atoms with van der Waals surface area (Å²) in [7, 11) is 0. The number of phenolic OH excluding ortho intramolecular Hbond substituents is 1. The number of benzene rings is 1. The van der Waals surface area contributed by atoms with Gasteiger partial charge in [-0.25, -0.2) is 0 Å². The zero-order valence-corrected chi connectivity index (χ0v) is 11.3. The molecule has 0 saturated heterocycles. The third kappa shape index (κ3) is 2.97. The van der Waals surface area contributed by atoms with Crippen molar-refractivity contribution in [3.63, 3.8) is 0 Å². The van der Waals surface area contributed by atoms with Gasteiger partial charge in [0, 0.05) is 12.3 Å². The molecule has 1 aromatic carbocycles. The maximum Gasteiger partial charge on any atom is 0.324 e. The molecule has 0 spiro atoms. The van der Waals surface area contributed by atoms with E-state index in [1.165, 1.54) is 12.3 Å². The zero-order chi connectivity index (χ0) is 14.0. The van der Waals surface area contributed by atoms with Crippen molar-refractivity contribution in [3.8, 4) is 5.75 Å². The van der Waals surface area contributed by atoms with Gasteiger partial charge in [0.1, 0.15) is 11.4 Å². The molecule has 0 radical (unpaired) electrons. The second-order valence-corrected chi connectivity index (χ2v) is 5.23. The minimum atomic E-state index is -0.434. The number of nitro groups is 1. The van der Waals surface area contributed by atoms with Crippen molar-refractivity contribution < 1.29 is 10.0 Å². The van der Waals surface area contributed by atoms with E-state index in [9.17, 15) is 15.2 Å². The van der Waals surface area contributed by atoms with Gasteiger partial charge in [0.2, 0.25) is 0 Å². The average Bonchev–Trinajstić information content (AvgIpc) is 2.81. The molecule has 19 heavy (non-hydrogen) atoms. The molecule has 0 aliphatic carbocycles. The summed E-state index contributed by atoms with van der Waals surface area (Å²) in [6.07, 6.45) is 1.52. The Kier molecular flexibility index (Phi) is 3.62. The average molecular weight is 276 g/mol. The third-order valence-corrected chi connectivity index (χ3v) is 3.52. The molecule has 1 N–H and O–H groups in total. The first-order chi connectivity index (χ1) is 8.97. The molecule has 0 saturated carbocycles. The summed E-state index contributed by atoms with van der Waals surface area (Å²) in [6.45, 7) is 3.72. The molecule has 2 aromatic rings. The summed E-state index contributed by atoms with van der Waals surface area (Å²) >= 11 is 1.04. The lowest BCUT2D eigenvalue weighted by molar-refractivity contribution is -0.380. The fourth-order valence-corrected chi connectivity index (χ4v) is 2.37. The molecule has 1 aromatic heterocycles. The first-order valence-corrected chi connectivity index (χ1v) is 6.37. The Hall–Kier alpha value is -2.21. The Bertz CT molecular complexity index is 662. The van der Waals surface area contributed by atoms with E-state index in [0.29, 0.717) is 10.6 Å². The molecule has 1 heterocycles. The van der Waals surface area contributed by atoms with Crippen molar-refractivity contribution in [2.75, 3.05) is 0 Å². The highest BCUT2D eigenvalue weighted by molar-refractivity contribution is 7.16. The van der Waals surface area contributed by atoms with E-state index in [0.717, 1.165) is 22.5 Å². The molecule has 0 amide bonds. The van der Waals surface area contributed by atoms with Gasteiger partial charge in [-0.15, -0.1) is 0 Å². The first kappa shape index (κ1) is 13.2. The highest BCUT2D eigenvalue weighted by Gasteiger charge is 2.08. The quantitative estimate of drug-likeness (QED) is 0.527. The summed E-state index contributed by atoms with van der Waals surface area (Å²) in [5, 5.41) is 20.5. The summed E-state index contributed by atoms with van der Waals surface area (Å²) in [6, 6.07) is 6.70. The standard InChI is InChI=1S/C13H12N2O3S/c1-8-5-9(2)13(16)11(6-8)14-7-10-3-4-12(19-10)15(17)18/h3-7,16H,1-2H3. The Labute approximate surface area is 114 Å². The van der Waals surface area contributed by atoms with Crippen LogP contribution in [0.2, 0.25) is 0 Å². The van der Waals surface area contributed by atoms with Crippen molar-refractivity contribution in [2.45, 2.75) is 13.8 Å². The van der Waals surface area contributed by atoms with Gasteiger partial charge in [-0.05, 0) is 37.1 Å². The number of nitrogens with zero attached hydrogens (tertiary/aromatic N) is 2. The van der Waals surface area contributed by atoms with Crippen LogP contribution in [0.25, 0.3) is 0 Å². The van der Waals surface area contributed by atoms with Crippen molar-refractivity contribution in [2.24, 2.45) is 4.99 Å². The topological polar surface area (TPSA) is 75.7 Å². The Morgan fingerprint density at radius 1 is 1.37 bits per heavy atom. The fourth-order valence-electron chi connectivity index (χ4n) is 1.68. The van der Waals surface area contributed by atoms with Crippen LogP contribution in [0.15, 0.2) is 29.3 Å². The van der Waals surface area contributed by atoms with E-state index in [1.54, 1.807) is 19.1 Å². The number of hydrogen-bond donors (Lipinski definition) is 1. The monoisotopic (exact) mass is 276 g/mol. The number of rotatable bonds is 3. The molecule has 5 nitrogen and oxygen atoms in total. The van der Waals surface area contributed by atoms with E-state index >= 15 is 0 Å². The lowest BCUT2D eigenvalue weighted by atomic mass is 10.1. The second kappa shape index (κ2) is 5.19. The lowest BCUT2D eigenvalue weighted by Gasteiger charge is -2.04. The van der Waals surface area contributed by atoms with Crippen molar-refractivity contribution in [1.29, 1.82) is 0 Å². The van der Waals surface area contributed by atoms with Crippen LogP contribution in [-0.4, -0.2) is 16.2 Å². The molecule has 0 fully saturated rings. The molecule has 6 heteroatoms. The van der Waals surface area contributed by atoms with Crippen LogP contribution in [-0.2, 0) is 0 Å². The minimum Gasteiger partial charge on any atom is -0.505 e. The smallest absolute Gasteiger partial charge is 0.324 e. The SMILES string of the molecule is Cc1cc(C)c(O)c(N=Cc2ccc([N+](=O)[O-])s2)c1. The molecule has 0 aliphatic rings. The number of phenols is 1. The van der Waals surface area contributed by atoms with Gasteiger partial charge in [-0.1, -0.05) is 17.4 Å². The third-order valence-electron chi connectivity index (χ3n) is 2.55. The Morgan fingerprint density at radius 2 is 2.11 bits per heavy atom. The highest BCUT2D eigenvalue weighted by atomic mass is 32.1. The zero-order valence-electron chi connectivity index (χ0n) is 10.5. The van der Waals surface area contributed by atoms with Crippen LogP contribution < -0.4 is 0 Å². The molecular weight excluding hydrogens is 264 g/mol. The van der Waals surface area contributed by atoms with Crippen LogP contribution in [0.5, 0.6) is 5.75 Å². The molecule has 0 aliphatic heterocycles. The van der Waals surface area contributed by atoms with Crippen LogP contribution in [0.4, 0.5) is 10.7 Å². The van der Waals surface area contributed by atoms with Crippen LogP contribution >= 0.6 is 11.3 Å². The highest BCUT2D eigenvalue weighted by Crippen LogP contribution is 2.31. The van der Waals surface area contributed by atoms with Crippen LogP contribution in [0, 0.1) is 24.0 Å². The first-order valence-electron chi connectivity index (χ1n) is 5.56. The fraction of sp³-hybridized carbons (Fsp3) is 0.154. The molecule has 0 unspecified atom stereocenters. The number of hydrogen-bond acceptors (Lipinski definition) is 5. The number of aliphatic imine (C=N–C) groups is 1. The number of thiophene rings is 1. The maximum absolute atomic E-state index is 10.6. The molecule has 98 valence electrons. The molecular formula is C13H12N2O3S. The number of aromatic hydroxyl groups is 1. The van der Waals surface area contributed by atoms with Crippen molar-refractivity contribution in [1.82, 2.24) is 0 Å². The van der Waals surface area contributed by atoms with Gasteiger partial charge >= 0.3 is 5.00 Å². The van der Waals surface area contributed by atoms with E-state index in [2.05, 4.69) is 4.99 Å². The van der Waals surface area contributed by atoms with Crippen molar-refractivity contribution in [3.05, 3.63) is 50.4 Å². The van der Waals surface area contributed by atoms with Gasteiger partial charge < -0.3 is 5.11 Å². The van der Waals surface area contributed by atoms with E-state index in [1.807, 2.05) is 13.0 Å². The predicted molar refractivity (Wildman–Crippen MR) is 75.8 cm³/mol. The van der Waals surface area contributed by atoms with Gasteiger partial charge in [-0.2, -0.15) is 0 Å². The lowest BCUT2D eigenvalue weighted by Crippen LogP contribution is -1.81. The minimum absolute atomic E-state index is 0.0751. The summed E-state index contributed by atoms with van der Waals surface area (Å²) in [4.78, 5) is 15.0. The predicted octanol–water partition coefficient (Wildman–Crippen LogP) is 3.73. The Balaban J connectivity index is 2.29. The van der Waals surface area contributed by atoms with Gasteiger partial charge in [0.25, 0.3) is 0 Å². The van der Waals surface area contributed by atoms with Crippen LogP contribution in [0.3, 0.4) is 0 Å². The van der Waals surface area contributed by atoms with Crippen LogP contribution in [0.1, 0.15) is 16.0 Å². The van der Waals surface area contributed by atoms with Gasteiger partial charge in [-0.3, -0.25) is 15.1 Å². The Morgan fingerprint density at radius 3 is 2.74 bits per heavy atom. The van der Waals surface area contributed by atoms with E-state index in [-0.39, 0.29) is 10.8 Å². The summed E-state index contributed by atoms with van der Waals surface area (Å²) in [5.41, 5.74) is 2.22. The summed E-state index contributed by atoms with van der Waals surface area (Å²) < 4.78 is 0. The largest absolute Gasteiger partial charge is 0.505 e. The maximum atomic E-state index is 10.6. The molecule has 0 bridgehead atoms. The summed E-state index contributed by atoms with van der Waals surface area (Å²) in [5.74, 6) is 0.132. The second-order valence-electron chi connectivity index (χ2n) is 4.14. The van der Waals surface area contributed by atoms with E-state index in [4.69, 9.17) is 0 Å². The van der Waals surface area contributed by atoms with Gasteiger partial charge in [0.05, 0.1) is 9.80 Å². The molecule has 2 rings (SSSR count). The normalized spacial score (nSPS) is 11.1. The number of aryl methyl sites for hydroxylation is 2. The molecule has 0 atom stereocenters. The van der Waals surface area contributed by atoms with Gasteiger partial charge in [0.15, 0.2) is 0 Å². The van der Waals surface area contributed by atoms with Crippen molar-refractivity contribution >= 4 is 28.2 Å². The van der Waals surface area contributed by atoms with E-state index < -0.39 is 4.92 Å².